The highest BCUT2D eigenvalue weighted by Crippen LogP contribution is 2.37. The van der Waals surface area contributed by atoms with Crippen LogP contribution in [0.15, 0.2) is 40.4 Å². The van der Waals surface area contributed by atoms with Gasteiger partial charge in [0, 0.05) is 0 Å². The first-order valence-electron chi connectivity index (χ1n) is 9.17. The molecule has 9 heteroatoms. The molecule has 0 aliphatic rings. The van der Waals surface area contributed by atoms with Gasteiger partial charge in [-0.3, -0.25) is 4.79 Å². The molecule has 2 aromatic rings. The summed E-state index contributed by atoms with van der Waals surface area (Å²) in [6, 6.07) is 10.4. The highest BCUT2D eigenvalue weighted by molar-refractivity contribution is 9.10. The van der Waals surface area contributed by atoms with Gasteiger partial charge in [0.1, 0.15) is 17.4 Å². The van der Waals surface area contributed by atoms with E-state index in [4.69, 9.17) is 19.3 Å². The molecule has 0 radical (unpaired) electrons. The minimum Gasteiger partial charge on any atom is -0.495 e. The smallest absolute Gasteiger partial charge is 0.341 e. The predicted molar refractivity (Wildman–Crippen MR) is 118 cm³/mol. The van der Waals surface area contributed by atoms with E-state index in [-0.39, 0.29) is 17.1 Å². The minimum atomic E-state index is -1.13. The molecule has 0 aromatic heterocycles. The average molecular weight is 489 g/mol. The Morgan fingerprint density at radius 2 is 1.97 bits per heavy atom. The molecule has 0 unspecified atom stereocenters. The van der Waals surface area contributed by atoms with E-state index in [1.807, 2.05) is 19.1 Å². The van der Waals surface area contributed by atoms with Crippen LogP contribution in [0.3, 0.4) is 0 Å². The van der Waals surface area contributed by atoms with Gasteiger partial charge in [-0.2, -0.15) is 5.26 Å². The van der Waals surface area contributed by atoms with Gasteiger partial charge in [0.25, 0.3) is 5.91 Å². The molecule has 2 rings (SSSR count). The van der Waals surface area contributed by atoms with Gasteiger partial charge in [-0.25, -0.2) is 4.79 Å². The summed E-state index contributed by atoms with van der Waals surface area (Å²) in [5.74, 6) is -0.770. The summed E-state index contributed by atoms with van der Waals surface area (Å²) in [5.41, 5.74) is 1.71. The number of ether oxygens (including phenoxy) is 3. The molecule has 8 nitrogen and oxygen atoms in total. The van der Waals surface area contributed by atoms with Gasteiger partial charge in [0.15, 0.2) is 18.1 Å². The van der Waals surface area contributed by atoms with Crippen molar-refractivity contribution in [2.75, 3.05) is 25.6 Å². The SMILES string of the molecule is CCOc1cc(/C=C(\C#N)C(=O)Nc2cc(C)ccc2OC)cc(Br)c1OCC(=O)O. The summed E-state index contributed by atoms with van der Waals surface area (Å²) < 4.78 is 16.5. The Balaban J connectivity index is 2.37. The summed E-state index contributed by atoms with van der Waals surface area (Å²) in [6.07, 6.45) is 1.39. The number of hydrogen-bond donors (Lipinski definition) is 2. The maximum atomic E-state index is 12.7. The molecule has 0 aliphatic carbocycles. The van der Waals surface area contributed by atoms with Crippen molar-refractivity contribution in [3.63, 3.8) is 0 Å². The number of halogens is 1. The van der Waals surface area contributed by atoms with Crippen LogP contribution in [0.1, 0.15) is 18.1 Å². The van der Waals surface area contributed by atoms with Gasteiger partial charge in [-0.05, 0) is 71.2 Å². The molecule has 0 aliphatic heterocycles. The second-order valence-electron chi connectivity index (χ2n) is 6.27. The Bertz CT molecular complexity index is 1060. The topological polar surface area (TPSA) is 118 Å². The van der Waals surface area contributed by atoms with Gasteiger partial charge >= 0.3 is 5.97 Å². The number of hydrogen-bond acceptors (Lipinski definition) is 6. The molecule has 0 saturated heterocycles. The van der Waals surface area contributed by atoms with Gasteiger partial charge in [-0.1, -0.05) is 6.07 Å². The Kier molecular flexibility index (Phi) is 8.46. The van der Waals surface area contributed by atoms with Crippen LogP contribution in [0.25, 0.3) is 6.08 Å². The fraction of sp³-hybridized carbons (Fsp3) is 0.227. The maximum Gasteiger partial charge on any atom is 0.341 e. The van der Waals surface area contributed by atoms with Crippen molar-refractivity contribution in [1.82, 2.24) is 0 Å². The van der Waals surface area contributed by atoms with Crippen LogP contribution in [0.2, 0.25) is 0 Å². The van der Waals surface area contributed by atoms with Crippen molar-refractivity contribution in [3.8, 4) is 23.3 Å². The number of nitriles is 1. The summed E-state index contributed by atoms with van der Waals surface area (Å²) in [6.45, 7) is 3.40. The Morgan fingerprint density at radius 1 is 1.23 bits per heavy atom. The van der Waals surface area contributed by atoms with E-state index in [0.29, 0.717) is 28.1 Å². The van der Waals surface area contributed by atoms with Crippen LogP contribution in [0.5, 0.6) is 17.2 Å². The van der Waals surface area contributed by atoms with Crippen molar-refractivity contribution in [1.29, 1.82) is 5.26 Å². The first-order chi connectivity index (χ1) is 14.8. The number of carboxylic acid groups (broad SMARTS) is 1. The third-order valence-corrected chi connectivity index (χ3v) is 4.54. The van der Waals surface area contributed by atoms with Crippen molar-refractivity contribution in [2.45, 2.75) is 13.8 Å². The molecular formula is C22H21BrN2O6. The van der Waals surface area contributed by atoms with E-state index in [2.05, 4.69) is 21.2 Å². The number of aliphatic carboxylic acids is 1. The lowest BCUT2D eigenvalue weighted by molar-refractivity contribution is -0.139. The normalized spacial score (nSPS) is 10.7. The number of carbonyl (C=O) groups excluding carboxylic acids is 1. The molecule has 1 amide bonds. The molecule has 0 atom stereocenters. The lowest BCUT2D eigenvalue weighted by Gasteiger charge is -2.14. The first-order valence-corrected chi connectivity index (χ1v) is 9.97. The zero-order valence-corrected chi connectivity index (χ0v) is 18.8. The standard InChI is InChI=1S/C22H21BrN2O6/c1-4-30-19-10-14(9-16(23)21(19)31-12-20(26)27)8-15(11-24)22(28)25-17-7-13(2)5-6-18(17)29-3/h5-10H,4,12H2,1-3H3,(H,25,28)(H,26,27)/b15-8+. The summed E-state index contributed by atoms with van der Waals surface area (Å²) in [4.78, 5) is 23.5. The van der Waals surface area contributed by atoms with Gasteiger partial charge < -0.3 is 24.6 Å². The highest BCUT2D eigenvalue weighted by atomic mass is 79.9. The van der Waals surface area contributed by atoms with Crippen molar-refractivity contribution < 1.29 is 28.9 Å². The molecule has 0 heterocycles. The van der Waals surface area contributed by atoms with E-state index in [0.717, 1.165) is 5.56 Å². The Hall–Kier alpha value is -3.51. The Morgan fingerprint density at radius 3 is 2.58 bits per heavy atom. The third kappa shape index (κ3) is 6.49. The van der Waals surface area contributed by atoms with E-state index >= 15 is 0 Å². The highest BCUT2D eigenvalue weighted by Gasteiger charge is 2.16. The second-order valence-corrected chi connectivity index (χ2v) is 7.13. The average Bonchev–Trinajstić information content (AvgIpc) is 2.71. The van der Waals surface area contributed by atoms with E-state index in [1.54, 1.807) is 31.2 Å². The predicted octanol–water partition coefficient (Wildman–Crippen LogP) is 4.17. The van der Waals surface area contributed by atoms with Crippen LogP contribution in [-0.4, -0.2) is 37.3 Å². The lowest BCUT2D eigenvalue weighted by Crippen LogP contribution is -2.14. The maximum absolute atomic E-state index is 12.7. The number of aryl methyl sites for hydroxylation is 1. The largest absolute Gasteiger partial charge is 0.495 e. The summed E-state index contributed by atoms with van der Waals surface area (Å²) in [7, 11) is 1.49. The molecule has 0 saturated carbocycles. The van der Waals surface area contributed by atoms with Gasteiger partial charge in [-0.15, -0.1) is 0 Å². The first kappa shape index (κ1) is 23.8. The number of anilines is 1. The van der Waals surface area contributed by atoms with Crippen LogP contribution < -0.4 is 19.5 Å². The minimum absolute atomic E-state index is 0.142. The second kappa shape index (κ2) is 11.0. The van der Waals surface area contributed by atoms with Crippen molar-refractivity contribution in [3.05, 3.63) is 51.5 Å². The molecule has 0 spiro atoms. The zero-order chi connectivity index (χ0) is 23.0. The monoisotopic (exact) mass is 488 g/mol. The Labute approximate surface area is 188 Å². The molecule has 162 valence electrons. The van der Waals surface area contributed by atoms with Crippen LogP contribution in [0, 0.1) is 18.3 Å². The van der Waals surface area contributed by atoms with E-state index < -0.39 is 18.5 Å². The van der Waals surface area contributed by atoms with E-state index in [1.165, 1.54) is 13.2 Å². The molecule has 0 bridgehead atoms. The van der Waals surface area contributed by atoms with E-state index in [9.17, 15) is 14.9 Å². The van der Waals surface area contributed by atoms with Crippen molar-refractivity contribution in [2.24, 2.45) is 0 Å². The number of nitrogens with one attached hydrogen (secondary N) is 1. The molecular weight excluding hydrogens is 468 g/mol. The molecule has 2 aromatic carbocycles. The third-order valence-electron chi connectivity index (χ3n) is 3.95. The number of nitrogens with zero attached hydrogens (tertiary/aromatic N) is 1. The summed E-state index contributed by atoms with van der Waals surface area (Å²) in [5, 5.41) is 21.0. The molecule has 0 fully saturated rings. The summed E-state index contributed by atoms with van der Waals surface area (Å²) >= 11 is 3.32. The number of methoxy groups -OCH3 is 1. The fourth-order valence-electron chi connectivity index (χ4n) is 2.63. The van der Waals surface area contributed by atoms with Crippen LogP contribution in [-0.2, 0) is 9.59 Å². The number of rotatable bonds is 9. The van der Waals surface area contributed by atoms with Crippen LogP contribution in [0.4, 0.5) is 5.69 Å². The number of benzene rings is 2. The number of carboxylic acids is 1. The molecule has 31 heavy (non-hydrogen) atoms. The quantitative estimate of drug-likeness (QED) is 0.401. The van der Waals surface area contributed by atoms with Gasteiger partial charge in [0.05, 0.1) is 23.9 Å². The number of amides is 1. The van der Waals surface area contributed by atoms with Crippen LogP contribution >= 0.6 is 15.9 Å². The lowest BCUT2D eigenvalue weighted by atomic mass is 10.1. The zero-order valence-electron chi connectivity index (χ0n) is 17.2. The fourth-order valence-corrected chi connectivity index (χ4v) is 3.21. The number of carbonyl (C=O) groups is 2. The molecule has 2 N–H and O–H groups in total. The van der Waals surface area contributed by atoms with Gasteiger partial charge in [0.2, 0.25) is 0 Å². The van der Waals surface area contributed by atoms with Crippen molar-refractivity contribution >= 4 is 39.6 Å².